The molecular formula is C31H25NO7. The molecule has 1 aliphatic heterocycles. The van der Waals surface area contributed by atoms with Crippen molar-refractivity contribution >= 4 is 35.2 Å². The van der Waals surface area contributed by atoms with Crippen LogP contribution < -0.4 is 9.64 Å². The minimum atomic E-state index is -0.759. The number of ether oxygens (including phenoxy) is 2. The topological polar surface area (TPSA) is 107 Å². The summed E-state index contributed by atoms with van der Waals surface area (Å²) in [5, 5.41) is 0. The average Bonchev–Trinajstić information content (AvgIpc) is 3.22. The molecule has 3 atom stereocenters. The number of Topliss-reactive ketones (excluding diaryl/α,β-unsaturated/α-hetero) is 1. The van der Waals surface area contributed by atoms with Gasteiger partial charge in [0.1, 0.15) is 5.75 Å². The van der Waals surface area contributed by atoms with E-state index in [1.807, 2.05) is 19.1 Å². The van der Waals surface area contributed by atoms with Crippen molar-refractivity contribution in [3.63, 3.8) is 0 Å². The fourth-order valence-electron chi connectivity index (χ4n) is 4.92. The number of amides is 2. The van der Waals surface area contributed by atoms with E-state index in [2.05, 4.69) is 0 Å². The van der Waals surface area contributed by atoms with E-state index in [4.69, 9.17) is 9.47 Å². The summed E-state index contributed by atoms with van der Waals surface area (Å²) in [7, 11) is 0. The quantitative estimate of drug-likeness (QED) is 0.146. The summed E-state index contributed by atoms with van der Waals surface area (Å²) in [6.45, 7) is 1.40. The molecule has 3 aromatic carbocycles. The van der Waals surface area contributed by atoms with Crippen LogP contribution >= 0.6 is 0 Å². The zero-order valence-corrected chi connectivity index (χ0v) is 21.1. The number of nitrogens with zero attached hydrogens (tertiary/aromatic N) is 1. The molecule has 2 amide bonds. The van der Waals surface area contributed by atoms with Gasteiger partial charge >= 0.3 is 11.9 Å². The summed E-state index contributed by atoms with van der Waals surface area (Å²) in [6.07, 6.45) is 4.39. The third-order valence-electron chi connectivity index (χ3n) is 6.94. The number of hydrogen-bond donors (Lipinski definition) is 0. The van der Waals surface area contributed by atoms with Gasteiger partial charge in [0.05, 0.1) is 28.7 Å². The molecule has 3 aromatic rings. The molecule has 3 unspecified atom stereocenters. The molecule has 39 heavy (non-hydrogen) atoms. The Kier molecular flexibility index (Phi) is 7.19. The van der Waals surface area contributed by atoms with Crippen LogP contribution in [0.4, 0.5) is 5.69 Å². The third-order valence-corrected chi connectivity index (χ3v) is 6.94. The van der Waals surface area contributed by atoms with Gasteiger partial charge in [-0.2, -0.15) is 0 Å². The minimum Gasteiger partial charge on any atom is -0.454 e. The summed E-state index contributed by atoms with van der Waals surface area (Å²) < 4.78 is 10.5. The highest BCUT2D eigenvalue weighted by atomic mass is 16.5. The van der Waals surface area contributed by atoms with Gasteiger partial charge in [0.2, 0.25) is 11.8 Å². The van der Waals surface area contributed by atoms with Crippen LogP contribution in [-0.2, 0) is 14.3 Å². The normalized spacial score (nSPS) is 19.9. The van der Waals surface area contributed by atoms with Crippen molar-refractivity contribution in [1.82, 2.24) is 0 Å². The van der Waals surface area contributed by atoms with Gasteiger partial charge in [-0.15, -0.1) is 0 Å². The standard InChI is InChI=1S/C31H25NO7/c1-19-7-5-12-25-27(19)29(35)32(28(25)34)23-11-6-10-22(17-23)30(36)38-18-26(33)20-13-15-24(16-14-20)39-31(37)21-8-3-2-4-9-21/h2-11,13-17,19,25,27H,12,18H2,1H3. The lowest BCUT2D eigenvalue weighted by molar-refractivity contribution is -0.122. The second-order valence-electron chi connectivity index (χ2n) is 9.50. The second-order valence-corrected chi connectivity index (χ2v) is 9.50. The average molecular weight is 524 g/mol. The zero-order chi connectivity index (χ0) is 27.5. The summed E-state index contributed by atoms with van der Waals surface area (Å²) in [5.41, 5.74) is 1.09. The number of hydrogen-bond acceptors (Lipinski definition) is 7. The molecule has 2 aliphatic rings. The summed E-state index contributed by atoms with van der Waals surface area (Å²) in [5.74, 6) is -2.88. The minimum absolute atomic E-state index is 0.0469. The molecule has 0 aromatic heterocycles. The molecule has 0 N–H and O–H groups in total. The van der Waals surface area contributed by atoms with E-state index in [-0.39, 0.29) is 34.6 Å². The molecule has 8 heteroatoms. The first-order valence-electron chi connectivity index (χ1n) is 12.6. The van der Waals surface area contributed by atoms with Gasteiger partial charge in [0.25, 0.3) is 0 Å². The highest BCUT2D eigenvalue weighted by Crippen LogP contribution is 2.40. The number of rotatable bonds is 7. The first-order chi connectivity index (χ1) is 18.8. The maximum Gasteiger partial charge on any atom is 0.343 e. The number of allylic oxidation sites excluding steroid dienone is 2. The number of anilines is 1. The van der Waals surface area contributed by atoms with Crippen molar-refractivity contribution in [2.24, 2.45) is 17.8 Å². The van der Waals surface area contributed by atoms with Gasteiger partial charge in [0, 0.05) is 5.56 Å². The molecule has 0 saturated carbocycles. The highest BCUT2D eigenvalue weighted by molar-refractivity contribution is 6.22. The number of esters is 2. The van der Waals surface area contributed by atoms with Crippen LogP contribution in [0.2, 0.25) is 0 Å². The number of imide groups is 1. The lowest BCUT2D eigenvalue weighted by atomic mass is 9.78. The second kappa shape index (κ2) is 10.9. The Bertz CT molecular complexity index is 1480. The molecule has 5 rings (SSSR count). The fourth-order valence-corrected chi connectivity index (χ4v) is 4.92. The van der Waals surface area contributed by atoms with Crippen LogP contribution in [0.3, 0.4) is 0 Å². The monoisotopic (exact) mass is 523 g/mol. The third kappa shape index (κ3) is 5.27. The lowest BCUT2D eigenvalue weighted by Crippen LogP contribution is -2.31. The van der Waals surface area contributed by atoms with Crippen LogP contribution in [0.5, 0.6) is 5.75 Å². The summed E-state index contributed by atoms with van der Waals surface area (Å²) >= 11 is 0. The molecule has 1 saturated heterocycles. The molecule has 1 aliphatic carbocycles. The van der Waals surface area contributed by atoms with E-state index in [1.165, 1.54) is 36.4 Å². The van der Waals surface area contributed by atoms with Crippen molar-refractivity contribution < 1.29 is 33.4 Å². The number of ketones is 1. The Hall–Kier alpha value is -4.85. The van der Waals surface area contributed by atoms with Gasteiger partial charge in [-0.25, -0.2) is 9.59 Å². The van der Waals surface area contributed by atoms with E-state index in [9.17, 15) is 24.0 Å². The largest absolute Gasteiger partial charge is 0.454 e. The van der Waals surface area contributed by atoms with Gasteiger partial charge in [0.15, 0.2) is 12.4 Å². The SMILES string of the molecule is CC1C=CCC2C(=O)N(c3cccc(C(=O)OCC(=O)c4ccc(OC(=O)c5ccccc5)cc4)c3)C(=O)C12. The highest BCUT2D eigenvalue weighted by Gasteiger charge is 2.50. The number of benzene rings is 3. The Morgan fingerprint density at radius 1 is 0.821 bits per heavy atom. The van der Waals surface area contributed by atoms with Gasteiger partial charge in [-0.3, -0.25) is 19.3 Å². The summed E-state index contributed by atoms with van der Waals surface area (Å²) in [4.78, 5) is 64.6. The molecule has 196 valence electrons. The first kappa shape index (κ1) is 25.8. The number of fused-ring (bicyclic) bond motifs is 1. The van der Waals surface area contributed by atoms with E-state index < -0.39 is 36.2 Å². The van der Waals surface area contributed by atoms with Crippen molar-refractivity contribution in [3.05, 3.63) is 108 Å². The molecule has 8 nitrogen and oxygen atoms in total. The zero-order valence-electron chi connectivity index (χ0n) is 21.1. The van der Waals surface area contributed by atoms with Crippen LogP contribution in [-0.4, -0.2) is 36.1 Å². The Morgan fingerprint density at radius 3 is 2.26 bits per heavy atom. The van der Waals surface area contributed by atoms with E-state index in [0.29, 0.717) is 17.7 Å². The van der Waals surface area contributed by atoms with Crippen molar-refractivity contribution in [3.8, 4) is 5.75 Å². The number of carbonyl (C=O) groups excluding carboxylic acids is 5. The Labute approximate surface area is 224 Å². The Morgan fingerprint density at radius 2 is 1.54 bits per heavy atom. The molecular weight excluding hydrogens is 498 g/mol. The lowest BCUT2D eigenvalue weighted by Gasteiger charge is -2.22. The van der Waals surface area contributed by atoms with Crippen molar-refractivity contribution in [2.75, 3.05) is 11.5 Å². The molecule has 0 spiro atoms. The van der Waals surface area contributed by atoms with Gasteiger partial charge < -0.3 is 9.47 Å². The van der Waals surface area contributed by atoms with E-state index >= 15 is 0 Å². The van der Waals surface area contributed by atoms with Crippen molar-refractivity contribution in [1.29, 1.82) is 0 Å². The van der Waals surface area contributed by atoms with E-state index in [1.54, 1.807) is 42.5 Å². The fraction of sp³-hybridized carbons (Fsp3) is 0.194. The predicted molar refractivity (Wildman–Crippen MR) is 141 cm³/mol. The van der Waals surface area contributed by atoms with Crippen LogP contribution in [0.1, 0.15) is 44.4 Å². The van der Waals surface area contributed by atoms with Crippen LogP contribution in [0, 0.1) is 17.8 Å². The molecule has 0 radical (unpaired) electrons. The molecule has 1 heterocycles. The first-order valence-corrected chi connectivity index (χ1v) is 12.6. The van der Waals surface area contributed by atoms with Crippen molar-refractivity contribution in [2.45, 2.75) is 13.3 Å². The maximum absolute atomic E-state index is 13.1. The molecule has 1 fully saturated rings. The van der Waals surface area contributed by atoms with E-state index in [0.717, 1.165) is 4.90 Å². The van der Waals surface area contributed by atoms with Gasteiger partial charge in [-0.1, -0.05) is 43.3 Å². The summed E-state index contributed by atoms with van der Waals surface area (Å²) in [6, 6.07) is 20.5. The predicted octanol–water partition coefficient (Wildman–Crippen LogP) is 4.65. The van der Waals surface area contributed by atoms with Gasteiger partial charge in [-0.05, 0) is 66.9 Å². The molecule has 0 bridgehead atoms. The number of carbonyl (C=O) groups is 5. The Balaban J connectivity index is 1.20. The maximum atomic E-state index is 13.1. The smallest absolute Gasteiger partial charge is 0.343 e. The van der Waals surface area contributed by atoms with Crippen LogP contribution in [0.25, 0.3) is 0 Å². The van der Waals surface area contributed by atoms with Crippen LogP contribution in [0.15, 0.2) is 91.0 Å².